The Labute approximate surface area is 140 Å². The molecule has 0 fully saturated rings. The van der Waals surface area contributed by atoms with Crippen LogP contribution < -0.4 is 5.32 Å². The highest BCUT2D eigenvalue weighted by Gasteiger charge is 2.18. The molecule has 0 amide bonds. The van der Waals surface area contributed by atoms with Crippen LogP contribution in [0.5, 0.6) is 0 Å². The molecule has 18 heavy (non-hydrogen) atoms. The maximum atomic E-state index is 3.61. The maximum Gasteiger partial charge on any atom is 0.0843 e. The molecule has 0 spiro atoms. The van der Waals surface area contributed by atoms with E-state index in [4.69, 9.17) is 0 Å². The Morgan fingerprint density at radius 3 is 2.44 bits per heavy atom. The molecule has 6 heteroatoms. The van der Waals surface area contributed by atoms with E-state index in [0.29, 0.717) is 0 Å². The van der Waals surface area contributed by atoms with E-state index in [0.717, 1.165) is 21.2 Å². The standard InChI is InChI=1S/C12H12Br3NS2/c1-2-5-16-11(8-3-4-10(14)17-8)9-6-7(13)12(15)18-9/h3-4,6,11,16H,2,5H2,1H3. The van der Waals surface area contributed by atoms with E-state index in [2.05, 4.69) is 78.2 Å². The van der Waals surface area contributed by atoms with Crippen LogP contribution in [0.2, 0.25) is 0 Å². The molecule has 0 aliphatic heterocycles. The van der Waals surface area contributed by atoms with Gasteiger partial charge < -0.3 is 5.32 Å². The molecule has 2 aromatic heterocycles. The summed E-state index contributed by atoms with van der Waals surface area (Å²) in [5.41, 5.74) is 0. The van der Waals surface area contributed by atoms with Gasteiger partial charge in [0.2, 0.25) is 0 Å². The highest BCUT2D eigenvalue weighted by Crippen LogP contribution is 2.39. The molecule has 1 unspecified atom stereocenters. The molecule has 0 aliphatic rings. The van der Waals surface area contributed by atoms with Crippen molar-refractivity contribution in [3.63, 3.8) is 0 Å². The fourth-order valence-electron chi connectivity index (χ4n) is 1.62. The molecule has 0 saturated carbocycles. The van der Waals surface area contributed by atoms with Crippen LogP contribution in [0.15, 0.2) is 30.2 Å². The quantitative estimate of drug-likeness (QED) is 0.546. The predicted octanol–water partition coefficient (Wildman–Crippen LogP) is 6.19. The Kier molecular flexibility index (Phi) is 5.90. The summed E-state index contributed by atoms with van der Waals surface area (Å²) < 4.78 is 3.45. The number of hydrogen-bond donors (Lipinski definition) is 1. The van der Waals surface area contributed by atoms with Gasteiger partial charge in [0.1, 0.15) is 0 Å². The maximum absolute atomic E-state index is 3.61. The number of thiophene rings is 2. The average molecular weight is 474 g/mol. The molecule has 2 heterocycles. The third kappa shape index (κ3) is 3.67. The number of halogens is 3. The van der Waals surface area contributed by atoms with E-state index in [-0.39, 0.29) is 6.04 Å². The summed E-state index contributed by atoms with van der Waals surface area (Å²) >= 11 is 14.2. The lowest BCUT2D eigenvalue weighted by Gasteiger charge is -2.15. The van der Waals surface area contributed by atoms with Gasteiger partial charge in [0.15, 0.2) is 0 Å². The zero-order valence-corrected chi connectivity index (χ0v) is 16.1. The van der Waals surface area contributed by atoms with Crippen LogP contribution in [0.1, 0.15) is 29.1 Å². The van der Waals surface area contributed by atoms with Crippen molar-refractivity contribution in [3.05, 3.63) is 40.0 Å². The highest BCUT2D eigenvalue weighted by atomic mass is 79.9. The number of nitrogens with one attached hydrogen (secondary N) is 1. The van der Waals surface area contributed by atoms with E-state index in [1.807, 2.05) is 0 Å². The second-order valence-corrected chi connectivity index (χ2v) is 9.55. The molecule has 1 nitrogen and oxygen atoms in total. The molecule has 0 radical (unpaired) electrons. The summed E-state index contributed by atoms with van der Waals surface area (Å²) in [6.45, 7) is 3.21. The van der Waals surface area contributed by atoms with Crippen LogP contribution in [0.3, 0.4) is 0 Å². The molecule has 1 atom stereocenters. The van der Waals surface area contributed by atoms with Crippen LogP contribution in [-0.2, 0) is 0 Å². The van der Waals surface area contributed by atoms with Gasteiger partial charge in [-0.1, -0.05) is 6.92 Å². The zero-order chi connectivity index (χ0) is 13.1. The van der Waals surface area contributed by atoms with Crippen molar-refractivity contribution in [2.75, 3.05) is 6.54 Å². The fourth-order valence-corrected chi connectivity index (χ4v) is 5.40. The van der Waals surface area contributed by atoms with Crippen molar-refractivity contribution in [2.45, 2.75) is 19.4 Å². The second kappa shape index (κ2) is 6.99. The predicted molar refractivity (Wildman–Crippen MR) is 91.9 cm³/mol. The van der Waals surface area contributed by atoms with E-state index in [1.165, 1.54) is 13.5 Å². The van der Waals surface area contributed by atoms with E-state index < -0.39 is 0 Å². The minimum Gasteiger partial charge on any atom is -0.305 e. The molecule has 0 saturated heterocycles. The van der Waals surface area contributed by atoms with Gasteiger partial charge in [0.25, 0.3) is 0 Å². The highest BCUT2D eigenvalue weighted by molar-refractivity contribution is 9.13. The first-order valence-electron chi connectivity index (χ1n) is 5.55. The number of rotatable bonds is 5. The lowest BCUT2D eigenvalue weighted by Crippen LogP contribution is -2.21. The fraction of sp³-hybridized carbons (Fsp3) is 0.333. The van der Waals surface area contributed by atoms with Crippen LogP contribution >= 0.6 is 70.5 Å². The summed E-state index contributed by atoms with van der Waals surface area (Å²) in [5, 5.41) is 3.61. The van der Waals surface area contributed by atoms with Crippen molar-refractivity contribution in [1.82, 2.24) is 5.32 Å². The van der Waals surface area contributed by atoms with Crippen LogP contribution in [0.4, 0.5) is 0 Å². The average Bonchev–Trinajstić information content (AvgIpc) is 2.88. The summed E-state index contributed by atoms with van der Waals surface area (Å²) in [7, 11) is 0. The topological polar surface area (TPSA) is 12.0 Å². The molecule has 1 N–H and O–H groups in total. The molecule has 0 aliphatic carbocycles. The van der Waals surface area contributed by atoms with E-state index in [1.54, 1.807) is 22.7 Å². The molecule has 98 valence electrons. The summed E-state index contributed by atoms with van der Waals surface area (Å²) in [6, 6.07) is 6.77. The first kappa shape index (κ1) is 15.2. The van der Waals surface area contributed by atoms with Gasteiger partial charge in [-0.2, -0.15) is 0 Å². The molecular formula is C12H12Br3NS2. The van der Waals surface area contributed by atoms with E-state index >= 15 is 0 Å². The third-order valence-corrected chi connectivity index (χ3v) is 7.44. The van der Waals surface area contributed by atoms with E-state index in [9.17, 15) is 0 Å². The lowest BCUT2D eigenvalue weighted by molar-refractivity contribution is 0.613. The van der Waals surface area contributed by atoms with Gasteiger partial charge in [-0.3, -0.25) is 0 Å². The molecular weight excluding hydrogens is 462 g/mol. The summed E-state index contributed by atoms with van der Waals surface area (Å²) in [4.78, 5) is 2.67. The van der Waals surface area contributed by atoms with Gasteiger partial charge in [0, 0.05) is 14.2 Å². The van der Waals surface area contributed by atoms with Gasteiger partial charge in [-0.25, -0.2) is 0 Å². The first-order chi connectivity index (χ1) is 8.61. The van der Waals surface area contributed by atoms with Crippen LogP contribution in [0.25, 0.3) is 0 Å². The largest absolute Gasteiger partial charge is 0.305 e. The molecule has 0 aromatic carbocycles. The van der Waals surface area contributed by atoms with Crippen molar-refractivity contribution in [3.8, 4) is 0 Å². The molecule has 0 bridgehead atoms. The van der Waals surface area contributed by atoms with Gasteiger partial charge in [0.05, 0.1) is 13.6 Å². The monoisotopic (exact) mass is 471 g/mol. The third-order valence-electron chi connectivity index (χ3n) is 2.43. The van der Waals surface area contributed by atoms with Crippen molar-refractivity contribution in [2.24, 2.45) is 0 Å². The van der Waals surface area contributed by atoms with Gasteiger partial charge >= 0.3 is 0 Å². The van der Waals surface area contributed by atoms with Crippen LogP contribution in [-0.4, -0.2) is 6.54 Å². The van der Waals surface area contributed by atoms with Crippen molar-refractivity contribution < 1.29 is 0 Å². The van der Waals surface area contributed by atoms with Gasteiger partial charge in [-0.15, -0.1) is 22.7 Å². The first-order valence-corrected chi connectivity index (χ1v) is 9.56. The Hall–Kier alpha value is 0.800. The minimum atomic E-state index is 0.286. The molecule has 2 aromatic rings. The molecule has 2 rings (SSSR count). The Morgan fingerprint density at radius 2 is 1.94 bits per heavy atom. The number of hydrogen-bond acceptors (Lipinski definition) is 3. The minimum absolute atomic E-state index is 0.286. The Balaban J connectivity index is 2.30. The Bertz CT molecular complexity index is 502. The Morgan fingerprint density at radius 1 is 1.17 bits per heavy atom. The lowest BCUT2D eigenvalue weighted by atomic mass is 10.2. The van der Waals surface area contributed by atoms with Crippen molar-refractivity contribution >= 4 is 70.5 Å². The SMILES string of the molecule is CCCNC(c1ccc(Br)s1)c1cc(Br)c(Br)s1. The normalized spacial score (nSPS) is 12.9. The zero-order valence-electron chi connectivity index (χ0n) is 9.67. The van der Waals surface area contributed by atoms with Crippen molar-refractivity contribution in [1.29, 1.82) is 0 Å². The summed E-state index contributed by atoms with van der Waals surface area (Å²) in [6.07, 6.45) is 1.14. The summed E-state index contributed by atoms with van der Waals surface area (Å²) in [5.74, 6) is 0. The smallest absolute Gasteiger partial charge is 0.0843 e. The van der Waals surface area contributed by atoms with Crippen LogP contribution in [0, 0.1) is 0 Å². The second-order valence-electron chi connectivity index (χ2n) is 3.80. The van der Waals surface area contributed by atoms with Gasteiger partial charge in [-0.05, 0) is 79.0 Å².